The van der Waals surface area contributed by atoms with E-state index < -0.39 is 0 Å². The van der Waals surface area contributed by atoms with Gasteiger partial charge in [-0.05, 0) is 20.8 Å². The first kappa shape index (κ1) is 12.2. The number of nitrogens with zero attached hydrogens (tertiary/aromatic N) is 4. The summed E-state index contributed by atoms with van der Waals surface area (Å²) in [6, 6.07) is 0. The summed E-state index contributed by atoms with van der Waals surface area (Å²) in [5.74, 6) is 0.613. The molecule has 1 fully saturated rings. The Hall–Kier alpha value is -1.27. The Morgan fingerprint density at radius 1 is 1.29 bits per heavy atom. The van der Waals surface area contributed by atoms with Crippen LogP contribution in [-0.2, 0) is 4.74 Å². The first-order chi connectivity index (χ1) is 8.10. The fraction of sp³-hybridized carbons (Fsp3) is 0.727. The van der Waals surface area contributed by atoms with Gasteiger partial charge in [0.15, 0.2) is 0 Å². The Labute approximate surface area is 101 Å². The van der Waals surface area contributed by atoms with Gasteiger partial charge in [0.2, 0.25) is 5.95 Å². The van der Waals surface area contributed by atoms with Crippen LogP contribution in [0.4, 0.5) is 5.95 Å². The van der Waals surface area contributed by atoms with Crippen LogP contribution < -0.4 is 4.90 Å². The number of hydrogen-bond acceptors (Lipinski definition) is 6. The van der Waals surface area contributed by atoms with Crippen molar-refractivity contribution in [2.45, 2.75) is 33.0 Å². The van der Waals surface area contributed by atoms with Crippen molar-refractivity contribution in [3.63, 3.8) is 0 Å². The highest BCUT2D eigenvalue weighted by molar-refractivity contribution is 5.31. The molecule has 0 aromatic carbocycles. The van der Waals surface area contributed by atoms with Gasteiger partial charge in [-0.1, -0.05) is 0 Å². The third kappa shape index (κ3) is 2.70. The zero-order valence-electron chi connectivity index (χ0n) is 10.4. The summed E-state index contributed by atoms with van der Waals surface area (Å²) in [4.78, 5) is 6.42. The molecule has 94 valence electrons. The van der Waals surface area contributed by atoms with E-state index in [0.717, 1.165) is 17.9 Å². The monoisotopic (exact) mass is 238 g/mol. The summed E-state index contributed by atoms with van der Waals surface area (Å²) in [6.07, 6.45) is -0.116. The van der Waals surface area contributed by atoms with Crippen molar-refractivity contribution in [2.75, 3.05) is 24.6 Å². The summed E-state index contributed by atoms with van der Waals surface area (Å²) in [5, 5.41) is 17.3. The van der Waals surface area contributed by atoms with E-state index in [-0.39, 0.29) is 18.8 Å². The Kier molecular flexibility index (Phi) is 3.54. The molecule has 2 atom stereocenters. The molecule has 2 rings (SSSR count). The molecule has 1 aliphatic rings. The van der Waals surface area contributed by atoms with Crippen molar-refractivity contribution in [3.8, 4) is 0 Å². The second-order valence-electron chi connectivity index (χ2n) is 4.44. The van der Waals surface area contributed by atoms with Gasteiger partial charge in [0.25, 0.3) is 0 Å². The molecule has 1 aromatic heterocycles. The van der Waals surface area contributed by atoms with Crippen LogP contribution in [0.1, 0.15) is 18.3 Å². The van der Waals surface area contributed by atoms with E-state index >= 15 is 0 Å². The molecule has 2 unspecified atom stereocenters. The lowest BCUT2D eigenvalue weighted by Crippen LogP contribution is -2.48. The first-order valence-corrected chi connectivity index (χ1v) is 5.79. The van der Waals surface area contributed by atoms with Crippen LogP contribution in [0.2, 0.25) is 0 Å². The van der Waals surface area contributed by atoms with Gasteiger partial charge in [0, 0.05) is 13.1 Å². The Morgan fingerprint density at radius 3 is 2.71 bits per heavy atom. The zero-order chi connectivity index (χ0) is 12.4. The van der Waals surface area contributed by atoms with E-state index in [2.05, 4.69) is 15.2 Å². The van der Waals surface area contributed by atoms with Crippen LogP contribution in [-0.4, -0.2) is 52.2 Å². The van der Waals surface area contributed by atoms with Gasteiger partial charge < -0.3 is 14.7 Å². The number of rotatable bonds is 2. The predicted molar refractivity (Wildman–Crippen MR) is 62.9 cm³/mol. The molecular formula is C11H18N4O2. The third-order valence-corrected chi connectivity index (χ3v) is 2.89. The molecule has 0 amide bonds. The number of anilines is 1. The Bertz CT molecular complexity index is 399. The van der Waals surface area contributed by atoms with Crippen molar-refractivity contribution in [1.82, 2.24) is 15.2 Å². The zero-order valence-corrected chi connectivity index (χ0v) is 10.4. The molecule has 0 bridgehead atoms. The first-order valence-electron chi connectivity index (χ1n) is 5.79. The fourth-order valence-corrected chi connectivity index (χ4v) is 1.89. The van der Waals surface area contributed by atoms with Gasteiger partial charge in [-0.15, -0.1) is 5.10 Å². The molecule has 1 aromatic rings. The van der Waals surface area contributed by atoms with Gasteiger partial charge in [-0.3, -0.25) is 0 Å². The largest absolute Gasteiger partial charge is 0.394 e. The normalized spacial score (nSPS) is 25.1. The lowest BCUT2D eigenvalue weighted by Gasteiger charge is -2.35. The highest BCUT2D eigenvalue weighted by atomic mass is 16.5. The molecule has 0 aliphatic carbocycles. The van der Waals surface area contributed by atoms with Crippen LogP contribution >= 0.6 is 0 Å². The number of ether oxygens (including phenoxy) is 1. The van der Waals surface area contributed by atoms with Crippen molar-refractivity contribution >= 4 is 5.95 Å². The van der Waals surface area contributed by atoms with Crippen LogP contribution in [0.25, 0.3) is 0 Å². The number of hydrogen-bond donors (Lipinski definition) is 1. The SMILES string of the molecule is Cc1nnc(N2CC(C)OC(CO)C2)nc1C. The van der Waals surface area contributed by atoms with E-state index in [1.165, 1.54) is 0 Å². The minimum atomic E-state index is -0.177. The quantitative estimate of drug-likeness (QED) is 0.786. The fourth-order valence-electron chi connectivity index (χ4n) is 1.89. The number of aromatic nitrogens is 3. The van der Waals surface area contributed by atoms with Crippen LogP contribution in [0.3, 0.4) is 0 Å². The summed E-state index contributed by atoms with van der Waals surface area (Å²) >= 11 is 0. The maximum atomic E-state index is 9.16. The van der Waals surface area contributed by atoms with Crippen LogP contribution in [0, 0.1) is 13.8 Å². The molecule has 6 nitrogen and oxygen atoms in total. The van der Waals surface area contributed by atoms with E-state index in [4.69, 9.17) is 9.84 Å². The number of aliphatic hydroxyl groups excluding tert-OH is 1. The summed E-state index contributed by atoms with van der Waals surface area (Å²) in [6.45, 7) is 7.12. The number of morpholine rings is 1. The van der Waals surface area contributed by atoms with Gasteiger partial charge in [0.05, 0.1) is 30.2 Å². The Morgan fingerprint density at radius 2 is 2.06 bits per heavy atom. The average Bonchev–Trinajstić information content (AvgIpc) is 2.32. The summed E-state index contributed by atoms with van der Waals surface area (Å²) in [5.41, 5.74) is 1.73. The van der Waals surface area contributed by atoms with Gasteiger partial charge in [-0.25, -0.2) is 4.98 Å². The maximum absolute atomic E-state index is 9.16. The van der Waals surface area contributed by atoms with Crippen molar-refractivity contribution in [3.05, 3.63) is 11.4 Å². The maximum Gasteiger partial charge on any atom is 0.245 e. The van der Waals surface area contributed by atoms with E-state index in [1.807, 2.05) is 25.7 Å². The van der Waals surface area contributed by atoms with Crippen molar-refractivity contribution in [2.24, 2.45) is 0 Å². The molecule has 0 saturated carbocycles. The Balaban J connectivity index is 2.17. The minimum Gasteiger partial charge on any atom is -0.394 e. The molecule has 0 radical (unpaired) electrons. The number of aliphatic hydroxyl groups is 1. The highest BCUT2D eigenvalue weighted by Gasteiger charge is 2.26. The molecule has 2 heterocycles. The number of aryl methyl sites for hydroxylation is 2. The van der Waals surface area contributed by atoms with Crippen LogP contribution in [0.15, 0.2) is 0 Å². The molecule has 1 saturated heterocycles. The molecule has 1 N–H and O–H groups in total. The third-order valence-electron chi connectivity index (χ3n) is 2.89. The summed E-state index contributed by atoms with van der Waals surface area (Å²) in [7, 11) is 0. The molecule has 17 heavy (non-hydrogen) atoms. The highest BCUT2D eigenvalue weighted by Crippen LogP contribution is 2.16. The molecular weight excluding hydrogens is 220 g/mol. The van der Waals surface area contributed by atoms with Crippen molar-refractivity contribution < 1.29 is 9.84 Å². The van der Waals surface area contributed by atoms with Gasteiger partial charge >= 0.3 is 0 Å². The minimum absolute atomic E-state index is 0.0130. The molecule has 1 aliphatic heterocycles. The van der Waals surface area contributed by atoms with E-state index in [9.17, 15) is 0 Å². The second kappa shape index (κ2) is 4.93. The second-order valence-corrected chi connectivity index (χ2v) is 4.44. The van der Waals surface area contributed by atoms with Gasteiger partial charge in [0.1, 0.15) is 0 Å². The lowest BCUT2D eigenvalue weighted by atomic mass is 10.2. The van der Waals surface area contributed by atoms with E-state index in [0.29, 0.717) is 12.5 Å². The standard InChI is InChI=1S/C11H18N4O2/c1-7-4-15(5-10(6-16)17-7)11-12-8(2)9(3)13-14-11/h7,10,16H,4-6H2,1-3H3. The van der Waals surface area contributed by atoms with Crippen LogP contribution in [0.5, 0.6) is 0 Å². The lowest BCUT2D eigenvalue weighted by molar-refractivity contribution is -0.0425. The summed E-state index contributed by atoms with van der Waals surface area (Å²) < 4.78 is 5.57. The predicted octanol–water partition coefficient (Wildman–Crippen LogP) is 0.0744. The van der Waals surface area contributed by atoms with Crippen molar-refractivity contribution in [1.29, 1.82) is 0 Å². The molecule has 6 heteroatoms. The topological polar surface area (TPSA) is 71.4 Å². The molecule has 0 spiro atoms. The average molecular weight is 238 g/mol. The smallest absolute Gasteiger partial charge is 0.245 e. The van der Waals surface area contributed by atoms with E-state index in [1.54, 1.807) is 0 Å². The van der Waals surface area contributed by atoms with Gasteiger partial charge in [-0.2, -0.15) is 5.10 Å².